The third kappa shape index (κ3) is 1090. The van der Waals surface area contributed by atoms with Crippen LogP contribution in [0, 0.1) is 14.8 Å². The summed E-state index contributed by atoms with van der Waals surface area (Å²) in [5.74, 6) is 0. The van der Waals surface area contributed by atoms with Gasteiger partial charge in [-0.25, -0.2) is 0 Å². The Labute approximate surface area is 83.5 Å². The predicted octanol–water partition coefficient (Wildman–Crippen LogP) is -8.80. The van der Waals surface area contributed by atoms with Crippen LogP contribution in [-0.4, -0.2) is 60.1 Å². The summed E-state index contributed by atoms with van der Waals surface area (Å²) in [7, 11) is 0. The normalized spacial score (nSPS) is 3.27. The zero-order chi connectivity index (χ0) is 3.58. The minimum atomic E-state index is -3.40. The topological polar surface area (TPSA) is 255 Å². The highest BCUT2D eigenvalue weighted by Crippen LogP contribution is 1.38. The first kappa shape index (κ1) is 93.3. The first-order chi connectivity index (χ1) is 1.73. The molecule has 0 aliphatic heterocycles. The molecule has 0 amide bonds. The minimum absolute atomic E-state index is 0. The van der Waals surface area contributed by atoms with Gasteiger partial charge in [-0.05, 0) is 4.20 Å². The van der Waals surface area contributed by atoms with Crippen molar-refractivity contribution < 1.29 is 60.3 Å². The van der Waals surface area contributed by atoms with Gasteiger partial charge < -0.3 is 41.3 Å². The number of halogens is 1. The van der Waals surface area contributed by atoms with Crippen LogP contribution in [0.15, 0.2) is 0 Å². The Balaban J connectivity index is -0.00000000214. The fourth-order valence-electron chi connectivity index (χ4n) is 0. The molecule has 0 fully saturated rings. The molecule has 0 aromatic heterocycles. The lowest BCUT2D eigenvalue weighted by molar-refractivity contribution is -1.63. The van der Waals surface area contributed by atoms with Crippen molar-refractivity contribution in [3.63, 3.8) is 0 Å². The van der Waals surface area contributed by atoms with Gasteiger partial charge >= 0.3 is 37.9 Å². The fourth-order valence-corrected chi connectivity index (χ4v) is 0. The quantitative estimate of drug-likeness (QED) is 0.417. The second kappa shape index (κ2) is 70.5. The van der Waals surface area contributed by atoms with Crippen LogP contribution in [0.5, 0.6) is 0 Å². The molecule has 0 aliphatic carbocycles. The molecule has 78 valence electrons. The van der Waals surface area contributed by atoms with Crippen molar-refractivity contribution in [3.05, 3.63) is 0 Å². The summed E-state index contributed by atoms with van der Waals surface area (Å²) in [6, 6.07) is 0. The predicted molar refractivity (Wildman–Crippen MR) is 32.4 cm³/mol. The molecule has 11 heteroatoms. The van der Waals surface area contributed by atoms with E-state index in [4.69, 9.17) is 12.6 Å². The van der Waals surface area contributed by atoms with Crippen LogP contribution in [-0.2, 0) is 0 Å². The van der Waals surface area contributed by atoms with Crippen molar-refractivity contribution >= 4 is 23.1 Å². The van der Waals surface area contributed by atoms with E-state index in [1.165, 1.54) is 0 Å². The van der Waals surface area contributed by atoms with Gasteiger partial charge in [-0.2, -0.15) is 0 Å². The van der Waals surface area contributed by atoms with Crippen molar-refractivity contribution in [1.82, 2.24) is 0 Å². The second-order valence-electron chi connectivity index (χ2n) is 0.201. The van der Waals surface area contributed by atoms with Gasteiger partial charge in [-0.3, -0.25) is 0 Å². The van der Waals surface area contributed by atoms with E-state index in [0.29, 0.717) is 0 Å². The van der Waals surface area contributed by atoms with Crippen molar-refractivity contribution in [1.29, 1.82) is 0 Å². The average Bonchev–Trinajstić information content (AvgIpc) is 0.811. The van der Waals surface area contributed by atoms with Gasteiger partial charge in [0.15, 0.2) is 0 Å². The van der Waals surface area contributed by atoms with E-state index in [9.17, 15) is 0 Å². The number of hydrogen-bond donors (Lipinski definition) is 1. The van der Waals surface area contributed by atoms with E-state index in [1.807, 2.05) is 0 Å². The lowest BCUT2D eigenvalue weighted by atomic mass is 16.0. The Morgan fingerprint density at radius 2 is 0.727 bits per heavy atom. The van der Waals surface area contributed by atoms with Crippen molar-refractivity contribution in [2.24, 2.45) is 0 Å². The first-order valence-corrected chi connectivity index (χ1v) is 2.48. The fraction of sp³-hybridized carbons (Fsp3) is 0. The molecule has 0 spiro atoms. The zero-order valence-corrected chi connectivity index (χ0v) is 6.23. The molecule has 0 bridgehead atoms. The molecule has 0 aromatic carbocycles. The van der Waals surface area contributed by atoms with E-state index in [1.54, 1.807) is 0 Å². The van der Waals surface area contributed by atoms with Gasteiger partial charge in [0.1, 0.15) is 0 Å². The van der Waals surface area contributed by atoms with Crippen LogP contribution in [0.2, 0.25) is 0 Å². The van der Waals surface area contributed by atoms with E-state index in [0.717, 1.165) is 0 Å². The van der Waals surface area contributed by atoms with Gasteiger partial charge in [0.25, 0.3) is 0 Å². The summed E-state index contributed by atoms with van der Waals surface area (Å²) in [5, 5.41) is 0. The zero-order valence-electron chi connectivity index (χ0n) is 4.64. The Morgan fingerprint density at radius 1 is 0.727 bits per heavy atom. The third-order valence-electron chi connectivity index (χ3n) is 0. The van der Waals surface area contributed by atoms with Crippen LogP contribution in [0.25, 0.3) is 0 Å². The van der Waals surface area contributed by atoms with Gasteiger partial charge in [0.05, 0.1) is 0 Å². The first-order valence-electron chi connectivity index (χ1n) is 0.478. The molecule has 0 saturated carbocycles. The molecule has 11 heavy (non-hydrogen) atoms. The van der Waals surface area contributed by atoms with Gasteiger partial charge in [-0.1, -0.05) is 0 Å². The summed E-state index contributed by atoms with van der Waals surface area (Å²) >= 11 is -3.40. The smallest absolute Gasteiger partial charge is 0.412 e. The summed E-state index contributed by atoms with van der Waals surface area (Å²) in [5.41, 5.74) is 0. The molecular weight excluding hydrogens is 248 g/mol. The molecule has 9 nitrogen and oxygen atoms in total. The Bertz CT molecular complexity index is 14.3. The third-order valence-corrected chi connectivity index (χ3v) is 0. The second-order valence-corrected chi connectivity index (χ2v) is 1.04. The lowest BCUT2D eigenvalue weighted by Crippen LogP contribution is -2.30. The van der Waals surface area contributed by atoms with E-state index < -0.39 is 14.8 Å². The standard InChI is InChI=1S/BrHO3.Mg.6H2O.2H/c2-1(3)4;;;;;;;;;/h2H;;6*1H2;;. The highest BCUT2D eigenvalue weighted by atomic mass is 80.0. The minimum Gasteiger partial charge on any atom is -0.412 e. The van der Waals surface area contributed by atoms with E-state index in [-0.39, 0.29) is 55.9 Å². The highest BCUT2D eigenvalue weighted by molar-refractivity contribution is 5.75. The molecule has 0 aromatic rings. The van der Waals surface area contributed by atoms with Gasteiger partial charge in [0.2, 0.25) is 0 Å². The molecule has 0 radical (unpaired) electrons. The summed E-state index contributed by atoms with van der Waals surface area (Å²) in [6.45, 7) is 0. The number of rotatable bonds is 0. The highest BCUT2D eigenvalue weighted by Gasteiger charge is 1.86. The molecule has 0 saturated heterocycles. The van der Waals surface area contributed by atoms with E-state index >= 15 is 0 Å². The van der Waals surface area contributed by atoms with Gasteiger partial charge in [0, 0.05) is 0 Å². The van der Waals surface area contributed by atoms with Crippen molar-refractivity contribution in [3.8, 4) is 0 Å². The maximum Gasteiger partial charge on any atom is 0.433 e. The maximum absolute atomic E-state index is 8.63. The Morgan fingerprint density at radius 3 is 0.727 bits per heavy atom. The van der Waals surface area contributed by atoms with Crippen LogP contribution < -0.4 is 8.40 Å². The summed E-state index contributed by atoms with van der Waals surface area (Å²) < 4.78 is 24.3. The summed E-state index contributed by atoms with van der Waals surface area (Å²) in [6.07, 6.45) is 0. The van der Waals surface area contributed by atoms with Crippen molar-refractivity contribution in [2.45, 2.75) is 0 Å². The molecule has 0 heterocycles. The van der Waals surface area contributed by atoms with Crippen molar-refractivity contribution in [2.75, 3.05) is 0 Å². The SMILES string of the molecule is O.O.O.O.O.O.[MgH2].[O-][Br+2]([O-])O. The monoisotopic (exact) mass is 262 g/mol. The van der Waals surface area contributed by atoms with Crippen LogP contribution in [0.1, 0.15) is 0 Å². The molecule has 0 rings (SSSR count). The molecular formula is H15BrMgO9. The van der Waals surface area contributed by atoms with Gasteiger partial charge in [-0.15, -0.1) is 0 Å². The maximum atomic E-state index is 8.63. The van der Waals surface area contributed by atoms with E-state index in [2.05, 4.69) is 0 Å². The van der Waals surface area contributed by atoms with Crippen LogP contribution >= 0.6 is 0 Å². The molecule has 0 atom stereocenters. The molecule has 0 aliphatic rings. The summed E-state index contributed by atoms with van der Waals surface area (Å²) in [4.78, 5) is 0. The van der Waals surface area contributed by atoms with Crippen LogP contribution in [0.4, 0.5) is 0 Å². The molecule has 0 unspecified atom stereocenters. The average molecular weight is 263 g/mol. The largest absolute Gasteiger partial charge is 0.433 e. The number of hydrogen-bond acceptors (Lipinski definition) is 3. The lowest BCUT2D eigenvalue weighted by Gasteiger charge is -1.69. The van der Waals surface area contributed by atoms with Crippen LogP contribution in [0.3, 0.4) is 0 Å². The Kier molecular flexibility index (Phi) is 597. The Hall–Kier alpha value is 0.886. The molecule has 13 N–H and O–H groups in total.